The Balaban J connectivity index is 2.29. The second-order valence-corrected chi connectivity index (χ2v) is 6.04. The van der Waals surface area contributed by atoms with Crippen LogP contribution >= 0.6 is 0 Å². The molecule has 0 aliphatic carbocycles. The predicted molar refractivity (Wildman–Crippen MR) is 101 cm³/mol. The molecule has 0 N–H and O–H groups in total. The van der Waals surface area contributed by atoms with Crippen LogP contribution in [0.2, 0.25) is 0 Å². The minimum Gasteiger partial charge on any atom is -0.268 e. The van der Waals surface area contributed by atoms with Crippen molar-refractivity contribution >= 4 is 16.9 Å². The van der Waals surface area contributed by atoms with Gasteiger partial charge in [-0.2, -0.15) is 5.11 Å². The third-order valence-electron chi connectivity index (χ3n) is 4.37. The van der Waals surface area contributed by atoms with Gasteiger partial charge in [0.1, 0.15) is 0 Å². The van der Waals surface area contributed by atoms with Crippen LogP contribution in [0.3, 0.4) is 0 Å². The van der Waals surface area contributed by atoms with Crippen LogP contribution in [0.25, 0.3) is 16.6 Å². The molecular weight excluding hydrogens is 312 g/mol. The molecule has 0 atom stereocenters. The maximum absolute atomic E-state index is 13.1. The van der Waals surface area contributed by atoms with Gasteiger partial charge in [-0.3, -0.25) is 4.79 Å². The molecule has 0 aliphatic rings. The van der Waals surface area contributed by atoms with E-state index in [0.29, 0.717) is 16.9 Å². The fraction of sp³-hybridized carbons (Fsp3) is 0.300. The van der Waals surface area contributed by atoms with E-state index >= 15 is 0 Å². The van der Waals surface area contributed by atoms with Crippen LogP contribution in [0.15, 0.2) is 63.6 Å². The first-order valence-electron chi connectivity index (χ1n) is 8.64. The summed E-state index contributed by atoms with van der Waals surface area (Å²) < 4.78 is 1.56. The molecule has 0 unspecified atom stereocenters. The Kier molecular flexibility index (Phi) is 5.03. The van der Waals surface area contributed by atoms with Gasteiger partial charge >= 0.3 is 0 Å². The van der Waals surface area contributed by atoms with Crippen LogP contribution in [-0.2, 0) is 0 Å². The average Bonchev–Trinajstić information content (AvgIpc) is 2.64. The highest BCUT2D eigenvalue weighted by atomic mass is 16.1. The number of para-hydroxylation sites is 2. The minimum atomic E-state index is -0.126. The van der Waals surface area contributed by atoms with Crippen LogP contribution in [-0.4, -0.2) is 15.6 Å². The molecule has 0 saturated heterocycles. The fourth-order valence-corrected chi connectivity index (χ4v) is 2.80. The van der Waals surface area contributed by atoms with Gasteiger partial charge in [0.2, 0.25) is 0 Å². The van der Waals surface area contributed by atoms with Crippen LogP contribution in [0.5, 0.6) is 0 Å². The van der Waals surface area contributed by atoms with Crippen molar-refractivity contribution in [3.8, 4) is 5.69 Å². The number of benzene rings is 2. The summed E-state index contributed by atoms with van der Waals surface area (Å²) in [6, 6.07) is 15.2. The molecule has 5 nitrogen and oxygen atoms in total. The zero-order valence-corrected chi connectivity index (χ0v) is 14.8. The van der Waals surface area contributed by atoms with Crippen molar-refractivity contribution in [2.45, 2.75) is 39.7 Å². The highest BCUT2D eigenvalue weighted by Crippen LogP contribution is 2.21. The number of rotatable bonds is 5. The topological polar surface area (TPSA) is 59.6 Å². The van der Waals surface area contributed by atoms with Gasteiger partial charge in [0.25, 0.3) is 11.5 Å². The third-order valence-corrected chi connectivity index (χ3v) is 4.37. The number of nitrogens with zero attached hydrogens (tertiary/aromatic N) is 4. The summed E-state index contributed by atoms with van der Waals surface area (Å²) in [6.45, 7) is 6.13. The molecule has 0 saturated carbocycles. The Morgan fingerprint density at radius 2 is 1.72 bits per heavy atom. The predicted octanol–water partition coefficient (Wildman–Crippen LogP) is 4.97. The number of azo groups is 1. The molecule has 1 heterocycles. The van der Waals surface area contributed by atoms with Crippen molar-refractivity contribution in [1.29, 1.82) is 0 Å². The van der Waals surface area contributed by atoms with E-state index in [0.717, 1.165) is 24.1 Å². The molecule has 1 aromatic heterocycles. The van der Waals surface area contributed by atoms with Crippen molar-refractivity contribution in [3.63, 3.8) is 0 Å². The summed E-state index contributed by atoms with van der Waals surface area (Å²) in [5.41, 5.74) is 2.28. The molecule has 0 spiro atoms. The van der Waals surface area contributed by atoms with Gasteiger partial charge in [0.05, 0.1) is 22.6 Å². The lowest BCUT2D eigenvalue weighted by Crippen LogP contribution is -2.20. The summed E-state index contributed by atoms with van der Waals surface area (Å²) in [6.07, 6.45) is 1.81. The molecule has 5 heteroatoms. The summed E-state index contributed by atoms with van der Waals surface area (Å²) in [5.74, 6) is 0.324. The zero-order chi connectivity index (χ0) is 17.8. The monoisotopic (exact) mass is 334 g/mol. The van der Waals surface area contributed by atoms with E-state index in [-0.39, 0.29) is 11.6 Å². The van der Waals surface area contributed by atoms with Gasteiger partial charge in [-0.25, -0.2) is 9.55 Å². The molecule has 128 valence electrons. The highest BCUT2D eigenvalue weighted by molar-refractivity contribution is 5.79. The second-order valence-electron chi connectivity index (χ2n) is 6.04. The van der Waals surface area contributed by atoms with Crippen molar-refractivity contribution in [3.05, 3.63) is 64.4 Å². The Morgan fingerprint density at radius 3 is 2.44 bits per heavy atom. The third kappa shape index (κ3) is 3.36. The Hall–Kier alpha value is -2.82. The Morgan fingerprint density at radius 1 is 1.04 bits per heavy atom. The molecule has 0 aliphatic heterocycles. The van der Waals surface area contributed by atoms with Crippen LogP contribution in [0, 0.1) is 6.92 Å². The quantitative estimate of drug-likeness (QED) is 0.619. The smallest absolute Gasteiger partial charge is 0.267 e. The van der Waals surface area contributed by atoms with Crippen molar-refractivity contribution in [2.75, 3.05) is 0 Å². The summed E-state index contributed by atoms with van der Waals surface area (Å²) >= 11 is 0. The fourth-order valence-electron chi connectivity index (χ4n) is 2.80. The lowest BCUT2D eigenvalue weighted by molar-refractivity contribution is 0.600. The standard InChI is InChI=1S/C20H22N4O/c1-4-15(5-2)22-23-20-21-17-12-8-7-11-16(17)19(25)24(20)18-13-9-6-10-14(18)3/h6-13,15H,4-5H2,1-3H3. The normalized spacial score (nSPS) is 11.7. The van der Waals surface area contributed by atoms with Gasteiger partial charge in [0.15, 0.2) is 0 Å². The molecule has 0 fully saturated rings. The van der Waals surface area contributed by atoms with Crippen molar-refractivity contribution < 1.29 is 0 Å². The van der Waals surface area contributed by atoms with Crippen LogP contribution in [0.4, 0.5) is 5.95 Å². The van der Waals surface area contributed by atoms with Crippen LogP contribution in [0.1, 0.15) is 32.3 Å². The van der Waals surface area contributed by atoms with E-state index in [9.17, 15) is 4.79 Å². The number of fused-ring (bicyclic) bond motifs is 1. The summed E-state index contributed by atoms with van der Waals surface area (Å²) in [5, 5.41) is 9.33. The van der Waals surface area contributed by atoms with Gasteiger partial charge in [-0.05, 0) is 43.5 Å². The van der Waals surface area contributed by atoms with E-state index in [1.165, 1.54) is 0 Å². The van der Waals surface area contributed by atoms with Gasteiger partial charge in [-0.1, -0.05) is 44.2 Å². The van der Waals surface area contributed by atoms with Crippen LogP contribution < -0.4 is 5.56 Å². The number of aryl methyl sites for hydroxylation is 1. The van der Waals surface area contributed by atoms with Gasteiger partial charge in [0, 0.05) is 0 Å². The van der Waals surface area contributed by atoms with Gasteiger partial charge in [-0.15, -0.1) is 5.11 Å². The Labute approximate surface area is 147 Å². The maximum Gasteiger partial charge on any atom is 0.267 e. The van der Waals surface area contributed by atoms with Crippen molar-refractivity contribution in [1.82, 2.24) is 9.55 Å². The van der Waals surface area contributed by atoms with E-state index in [4.69, 9.17) is 0 Å². The number of hydrogen-bond acceptors (Lipinski definition) is 4. The molecule has 0 amide bonds. The lowest BCUT2D eigenvalue weighted by atomic mass is 10.2. The first-order valence-corrected chi connectivity index (χ1v) is 8.64. The number of hydrogen-bond donors (Lipinski definition) is 0. The minimum absolute atomic E-state index is 0.126. The SMILES string of the molecule is CCC(CC)N=Nc1nc2ccccc2c(=O)n1-c1ccccc1C. The Bertz CT molecular complexity index is 971. The first kappa shape index (κ1) is 17.0. The molecule has 3 rings (SSSR count). The highest BCUT2D eigenvalue weighted by Gasteiger charge is 2.14. The van der Waals surface area contributed by atoms with Crippen molar-refractivity contribution in [2.24, 2.45) is 10.2 Å². The summed E-state index contributed by atoms with van der Waals surface area (Å²) in [4.78, 5) is 17.7. The molecule has 2 aromatic carbocycles. The largest absolute Gasteiger partial charge is 0.268 e. The van der Waals surface area contributed by atoms with E-state index in [1.54, 1.807) is 10.6 Å². The molecule has 3 aromatic rings. The van der Waals surface area contributed by atoms with Gasteiger partial charge < -0.3 is 0 Å². The molecule has 25 heavy (non-hydrogen) atoms. The van der Waals surface area contributed by atoms with E-state index in [2.05, 4.69) is 29.1 Å². The first-order chi connectivity index (χ1) is 12.2. The maximum atomic E-state index is 13.1. The molecular formula is C20H22N4O. The average molecular weight is 334 g/mol. The lowest BCUT2D eigenvalue weighted by Gasteiger charge is -2.13. The van der Waals surface area contributed by atoms with E-state index in [1.807, 2.05) is 49.4 Å². The van der Waals surface area contributed by atoms with E-state index < -0.39 is 0 Å². The summed E-state index contributed by atoms with van der Waals surface area (Å²) in [7, 11) is 0. The zero-order valence-electron chi connectivity index (χ0n) is 14.8. The molecule has 0 bridgehead atoms. The molecule has 0 radical (unpaired) electrons. The number of aromatic nitrogens is 2. The second kappa shape index (κ2) is 7.38.